The van der Waals surface area contributed by atoms with Gasteiger partial charge >= 0.3 is 0 Å². The molecule has 0 spiro atoms. The van der Waals surface area contributed by atoms with Crippen molar-refractivity contribution < 1.29 is 9.53 Å². The fourth-order valence-corrected chi connectivity index (χ4v) is 3.61. The highest BCUT2D eigenvalue weighted by Gasteiger charge is 2.25. The highest BCUT2D eigenvalue weighted by atomic mass is 32.1. The minimum absolute atomic E-state index is 0.0549. The van der Waals surface area contributed by atoms with Gasteiger partial charge in [0.1, 0.15) is 11.6 Å². The second-order valence-corrected chi connectivity index (χ2v) is 8.11. The molecule has 3 rings (SSSR count). The van der Waals surface area contributed by atoms with E-state index < -0.39 is 0 Å². The van der Waals surface area contributed by atoms with Gasteiger partial charge in [0.15, 0.2) is 0 Å². The largest absolute Gasteiger partial charge is 0.495 e. The second-order valence-electron chi connectivity index (χ2n) is 7.38. The Kier molecular flexibility index (Phi) is 5.66. The number of hydrogen-bond acceptors (Lipinski definition) is 6. The number of para-hydroxylation sites is 1. The topological polar surface area (TPSA) is 58.6 Å². The second kappa shape index (κ2) is 7.97. The third-order valence-corrected chi connectivity index (χ3v) is 5.11. The first-order valence-electron chi connectivity index (χ1n) is 8.91. The molecule has 0 saturated carbocycles. The number of anilines is 1. The van der Waals surface area contributed by atoms with Crippen LogP contribution in [0, 0.1) is 11.8 Å². The Morgan fingerprint density at radius 1 is 1.19 bits per heavy atom. The summed E-state index contributed by atoms with van der Waals surface area (Å²) in [6, 6.07) is 7.44. The predicted molar refractivity (Wildman–Crippen MR) is 107 cm³/mol. The van der Waals surface area contributed by atoms with E-state index in [2.05, 4.69) is 46.9 Å². The van der Waals surface area contributed by atoms with Crippen molar-refractivity contribution in [2.75, 3.05) is 38.2 Å². The van der Waals surface area contributed by atoms with Crippen LogP contribution in [-0.2, 0) is 10.2 Å². The van der Waals surface area contributed by atoms with E-state index in [4.69, 9.17) is 4.74 Å². The average Bonchev–Trinajstić information content (AvgIpc) is 3.17. The van der Waals surface area contributed by atoms with Crippen molar-refractivity contribution in [3.63, 3.8) is 0 Å². The van der Waals surface area contributed by atoms with Gasteiger partial charge in [-0.2, -0.15) is 4.37 Å². The number of ether oxygens (including phenoxy) is 1. The molecule has 27 heavy (non-hydrogen) atoms. The Hall–Kier alpha value is -2.59. The Bertz CT molecular complexity index is 868. The zero-order chi connectivity index (χ0) is 19.4. The van der Waals surface area contributed by atoms with E-state index in [-0.39, 0.29) is 11.3 Å². The lowest BCUT2D eigenvalue weighted by atomic mass is 9.96. The quantitative estimate of drug-likeness (QED) is 0.745. The van der Waals surface area contributed by atoms with Gasteiger partial charge in [-0.3, -0.25) is 4.79 Å². The average molecular weight is 385 g/mol. The normalized spacial score (nSPS) is 14.5. The molecule has 1 aliphatic heterocycles. The summed E-state index contributed by atoms with van der Waals surface area (Å²) in [5, 5.41) is 0.923. The van der Waals surface area contributed by atoms with Crippen LogP contribution in [0.15, 0.2) is 24.3 Å². The first kappa shape index (κ1) is 19.2. The molecule has 0 radical (unpaired) electrons. The summed E-state index contributed by atoms with van der Waals surface area (Å²) in [5.41, 5.74) is 0.663. The molecule has 0 N–H and O–H groups in total. The van der Waals surface area contributed by atoms with Crippen molar-refractivity contribution in [3.8, 4) is 17.6 Å². The zero-order valence-electron chi connectivity index (χ0n) is 16.2. The molecular weight excluding hydrogens is 360 g/mol. The van der Waals surface area contributed by atoms with Gasteiger partial charge < -0.3 is 14.5 Å². The van der Waals surface area contributed by atoms with Crippen LogP contribution < -0.4 is 9.64 Å². The lowest BCUT2D eigenvalue weighted by Crippen LogP contribution is -2.48. The van der Waals surface area contributed by atoms with Crippen LogP contribution in [0.5, 0.6) is 5.75 Å². The van der Waals surface area contributed by atoms with Crippen molar-refractivity contribution >= 4 is 22.6 Å². The summed E-state index contributed by atoms with van der Waals surface area (Å²) in [5.74, 6) is 7.04. The van der Waals surface area contributed by atoms with E-state index in [9.17, 15) is 4.79 Å². The van der Waals surface area contributed by atoms with Gasteiger partial charge in [-0.15, -0.1) is 0 Å². The summed E-state index contributed by atoms with van der Waals surface area (Å²) in [7, 11) is 1.60. The van der Waals surface area contributed by atoms with Gasteiger partial charge in [-0.1, -0.05) is 38.8 Å². The Labute approximate surface area is 164 Å². The van der Waals surface area contributed by atoms with Crippen LogP contribution in [0.1, 0.15) is 32.2 Å². The molecule has 0 atom stereocenters. The fourth-order valence-electron chi connectivity index (χ4n) is 2.70. The van der Waals surface area contributed by atoms with Crippen molar-refractivity contribution in [2.45, 2.75) is 26.2 Å². The van der Waals surface area contributed by atoms with Gasteiger partial charge in [-0.05, 0) is 12.1 Å². The van der Waals surface area contributed by atoms with E-state index in [0.717, 1.165) is 29.6 Å². The first-order valence-corrected chi connectivity index (χ1v) is 9.69. The van der Waals surface area contributed by atoms with Gasteiger partial charge in [0.05, 0.1) is 12.7 Å². The molecule has 0 aliphatic carbocycles. The van der Waals surface area contributed by atoms with E-state index >= 15 is 0 Å². The van der Waals surface area contributed by atoms with E-state index in [1.165, 1.54) is 11.5 Å². The molecule has 142 valence electrons. The van der Waals surface area contributed by atoms with Gasteiger partial charge in [0, 0.05) is 49.0 Å². The summed E-state index contributed by atoms with van der Waals surface area (Å²) in [6.45, 7) is 9.05. The summed E-state index contributed by atoms with van der Waals surface area (Å²) < 4.78 is 9.74. The Balaban J connectivity index is 1.60. The number of hydrogen-bond donors (Lipinski definition) is 0. The smallest absolute Gasteiger partial charge is 0.298 e. The number of piperazine rings is 1. The van der Waals surface area contributed by atoms with E-state index in [1.54, 1.807) is 12.0 Å². The molecule has 1 aromatic carbocycles. The number of nitrogens with zero attached hydrogens (tertiary/aromatic N) is 4. The summed E-state index contributed by atoms with van der Waals surface area (Å²) >= 11 is 1.42. The van der Waals surface area contributed by atoms with Crippen LogP contribution in [0.2, 0.25) is 0 Å². The zero-order valence-corrected chi connectivity index (χ0v) is 17.0. The molecule has 1 amide bonds. The minimum atomic E-state index is -0.159. The number of amides is 1. The Morgan fingerprint density at radius 2 is 1.89 bits per heavy atom. The van der Waals surface area contributed by atoms with Crippen LogP contribution in [0.4, 0.5) is 5.13 Å². The Morgan fingerprint density at radius 3 is 2.52 bits per heavy atom. The van der Waals surface area contributed by atoms with Crippen LogP contribution in [0.25, 0.3) is 0 Å². The maximum Gasteiger partial charge on any atom is 0.298 e. The molecule has 2 aromatic rings. The third kappa shape index (κ3) is 4.58. The monoisotopic (exact) mass is 384 g/mol. The lowest BCUT2D eigenvalue weighted by Gasteiger charge is -2.33. The maximum atomic E-state index is 12.4. The molecule has 1 aliphatic rings. The van der Waals surface area contributed by atoms with Crippen LogP contribution >= 0.6 is 11.5 Å². The number of carbonyl (C=O) groups excluding carboxylic acids is 1. The van der Waals surface area contributed by atoms with Crippen molar-refractivity contribution in [1.82, 2.24) is 14.3 Å². The van der Waals surface area contributed by atoms with Gasteiger partial charge in [-0.25, -0.2) is 4.98 Å². The van der Waals surface area contributed by atoms with Crippen molar-refractivity contribution in [3.05, 3.63) is 35.7 Å². The van der Waals surface area contributed by atoms with Gasteiger partial charge in [0.2, 0.25) is 5.13 Å². The SMILES string of the molecule is COc1ccccc1C#CC(=O)N1CCN(c2nc(C(C)(C)C)ns2)CC1. The van der Waals surface area contributed by atoms with Crippen molar-refractivity contribution in [2.24, 2.45) is 0 Å². The number of benzene rings is 1. The maximum absolute atomic E-state index is 12.4. The third-order valence-electron chi connectivity index (χ3n) is 4.33. The minimum Gasteiger partial charge on any atom is -0.495 e. The first-order chi connectivity index (χ1) is 12.9. The highest BCUT2D eigenvalue weighted by molar-refractivity contribution is 7.09. The number of carbonyl (C=O) groups is 1. The summed E-state index contributed by atoms with van der Waals surface area (Å²) in [4.78, 5) is 21.0. The molecule has 7 heteroatoms. The number of rotatable bonds is 2. The lowest BCUT2D eigenvalue weighted by molar-refractivity contribution is -0.125. The molecule has 1 saturated heterocycles. The standard InChI is InChI=1S/C20H24N4O2S/c1-20(2,3)18-21-19(27-22-18)24-13-11-23(12-14-24)17(25)10-9-15-7-5-6-8-16(15)26-4/h5-8H,11-14H2,1-4H3. The molecule has 0 bridgehead atoms. The van der Waals surface area contributed by atoms with Crippen LogP contribution in [-0.4, -0.2) is 53.5 Å². The number of aromatic nitrogens is 2. The molecule has 2 heterocycles. The van der Waals surface area contributed by atoms with E-state index in [0.29, 0.717) is 18.8 Å². The molecule has 0 unspecified atom stereocenters. The van der Waals surface area contributed by atoms with Crippen molar-refractivity contribution in [1.29, 1.82) is 0 Å². The van der Waals surface area contributed by atoms with Crippen LogP contribution in [0.3, 0.4) is 0 Å². The fraction of sp³-hybridized carbons (Fsp3) is 0.450. The molecule has 1 aromatic heterocycles. The predicted octanol–water partition coefficient (Wildman–Crippen LogP) is 2.54. The van der Waals surface area contributed by atoms with Gasteiger partial charge in [0.25, 0.3) is 5.91 Å². The highest BCUT2D eigenvalue weighted by Crippen LogP contribution is 2.26. The molecule has 6 nitrogen and oxygen atoms in total. The molecule has 1 fully saturated rings. The van der Waals surface area contributed by atoms with E-state index in [1.807, 2.05) is 24.3 Å². The number of methoxy groups -OCH3 is 1. The molecular formula is C20H24N4O2S. The summed E-state index contributed by atoms with van der Waals surface area (Å²) in [6.07, 6.45) is 0.